The van der Waals surface area contributed by atoms with Crippen LogP contribution >= 0.6 is 46.1 Å². The standard InChI is InChI=1S/C21H10Cl3F2N3O4S2/c22-11-8-13(23)18(14(24)9-11)35(31,32)33-12-6-4-10(5-7-12)20-28-29-21(34-20)27-19(30)17-15(25)2-1-3-16(17)26/h1-9H,(H,27,29,30). The van der Waals surface area contributed by atoms with Crippen LogP contribution in [-0.2, 0) is 10.1 Å². The fraction of sp³-hybridized carbons (Fsp3) is 0. The predicted molar refractivity (Wildman–Crippen MR) is 129 cm³/mol. The molecule has 0 saturated carbocycles. The van der Waals surface area contributed by atoms with Crippen molar-refractivity contribution in [2.75, 3.05) is 5.32 Å². The quantitative estimate of drug-likeness (QED) is 0.265. The maximum atomic E-state index is 13.8. The van der Waals surface area contributed by atoms with E-state index in [9.17, 15) is 22.0 Å². The molecule has 0 bridgehead atoms. The zero-order valence-electron chi connectivity index (χ0n) is 16.9. The number of rotatable bonds is 6. The van der Waals surface area contributed by atoms with E-state index in [1.807, 2.05) is 0 Å². The Labute approximate surface area is 216 Å². The number of benzene rings is 3. The molecule has 7 nitrogen and oxygen atoms in total. The fourth-order valence-corrected chi connectivity index (χ4v) is 6.03. The Morgan fingerprint density at radius 2 is 1.54 bits per heavy atom. The highest BCUT2D eigenvalue weighted by Crippen LogP contribution is 2.35. The summed E-state index contributed by atoms with van der Waals surface area (Å²) < 4.78 is 58.0. The Morgan fingerprint density at radius 3 is 2.14 bits per heavy atom. The summed E-state index contributed by atoms with van der Waals surface area (Å²) in [5.74, 6) is -3.08. The van der Waals surface area contributed by atoms with Gasteiger partial charge >= 0.3 is 10.1 Å². The molecule has 1 heterocycles. The fourth-order valence-electron chi connectivity index (χ4n) is 2.85. The summed E-state index contributed by atoms with van der Waals surface area (Å²) >= 11 is 18.7. The van der Waals surface area contributed by atoms with Gasteiger partial charge in [0.05, 0.1) is 10.0 Å². The monoisotopic (exact) mass is 575 g/mol. The third-order valence-corrected chi connectivity index (χ3v) is 7.63. The van der Waals surface area contributed by atoms with Crippen LogP contribution in [0.1, 0.15) is 10.4 Å². The van der Waals surface area contributed by atoms with Gasteiger partial charge in [-0.15, -0.1) is 10.2 Å². The minimum atomic E-state index is -4.37. The first-order valence-corrected chi connectivity index (χ1v) is 12.7. The predicted octanol–water partition coefficient (Wildman–Crippen LogP) is 6.46. The summed E-state index contributed by atoms with van der Waals surface area (Å²) in [6.07, 6.45) is 0. The highest BCUT2D eigenvalue weighted by atomic mass is 35.5. The molecule has 180 valence electrons. The Bertz CT molecular complexity index is 1500. The lowest BCUT2D eigenvalue weighted by molar-refractivity contribution is 0.101. The molecular weight excluding hydrogens is 567 g/mol. The van der Waals surface area contributed by atoms with Gasteiger partial charge in [-0.3, -0.25) is 10.1 Å². The summed E-state index contributed by atoms with van der Waals surface area (Å²) in [6, 6.07) is 11.2. The zero-order valence-corrected chi connectivity index (χ0v) is 20.8. The van der Waals surface area contributed by atoms with E-state index < -0.39 is 38.1 Å². The number of aromatic nitrogens is 2. The molecule has 0 unspecified atom stereocenters. The molecule has 1 N–H and O–H groups in total. The van der Waals surface area contributed by atoms with E-state index in [0.717, 1.165) is 29.5 Å². The number of carbonyl (C=O) groups is 1. The van der Waals surface area contributed by atoms with Crippen molar-refractivity contribution < 1.29 is 26.2 Å². The normalized spacial score (nSPS) is 11.3. The summed E-state index contributed by atoms with van der Waals surface area (Å²) in [7, 11) is -4.37. The maximum Gasteiger partial charge on any atom is 0.342 e. The lowest BCUT2D eigenvalue weighted by Crippen LogP contribution is -2.15. The van der Waals surface area contributed by atoms with E-state index in [1.54, 1.807) is 0 Å². The highest BCUT2D eigenvalue weighted by Gasteiger charge is 2.25. The van der Waals surface area contributed by atoms with Gasteiger partial charge in [0.1, 0.15) is 32.9 Å². The van der Waals surface area contributed by atoms with Crippen molar-refractivity contribution in [1.82, 2.24) is 10.2 Å². The molecule has 0 aliphatic heterocycles. The number of anilines is 1. The molecule has 14 heteroatoms. The van der Waals surface area contributed by atoms with Crippen LogP contribution in [0.3, 0.4) is 0 Å². The first-order chi connectivity index (χ1) is 16.5. The Hall–Kier alpha value is -2.83. The number of nitrogens with zero attached hydrogens (tertiary/aromatic N) is 2. The van der Waals surface area contributed by atoms with Crippen molar-refractivity contribution in [2.24, 2.45) is 0 Å². The summed E-state index contributed by atoms with van der Waals surface area (Å²) in [4.78, 5) is 11.8. The molecule has 0 saturated heterocycles. The smallest absolute Gasteiger partial charge is 0.342 e. The van der Waals surface area contributed by atoms with Crippen molar-refractivity contribution in [3.63, 3.8) is 0 Å². The molecule has 0 aliphatic carbocycles. The topological polar surface area (TPSA) is 98.2 Å². The number of hydrogen-bond donors (Lipinski definition) is 1. The van der Waals surface area contributed by atoms with Gasteiger partial charge in [-0.2, -0.15) is 8.42 Å². The van der Waals surface area contributed by atoms with Gasteiger partial charge in [0.15, 0.2) is 0 Å². The van der Waals surface area contributed by atoms with Gasteiger partial charge in [-0.1, -0.05) is 52.2 Å². The second-order valence-electron chi connectivity index (χ2n) is 6.72. The number of nitrogens with one attached hydrogen (secondary N) is 1. The second kappa shape index (κ2) is 10.0. The first-order valence-electron chi connectivity index (χ1n) is 9.33. The van der Waals surface area contributed by atoms with Crippen molar-refractivity contribution in [2.45, 2.75) is 4.90 Å². The van der Waals surface area contributed by atoms with Crippen LogP contribution in [0.5, 0.6) is 5.75 Å². The van der Waals surface area contributed by atoms with Crippen LogP contribution in [0.25, 0.3) is 10.6 Å². The molecule has 0 aliphatic rings. The van der Waals surface area contributed by atoms with Crippen molar-refractivity contribution in [3.8, 4) is 16.3 Å². The Morgan fingerprint density at radius 1 is 0.943 bits per heavy atom. The number of amides is 1. The summed E-state index contributed by atoms with van der Waals surface area (Å²) in [5, 5.41) is 10.1. The Kier molecular flexibility index (Phi) is 7.25. The largest absolute Gasteiger partial charge is 0.379 e. The SMILES string of the molecule is O=C(Nc1nnc(-c2ccc(OS(=O)(=O)c3c(Cl)cc(Cl)cc3Cl)cc2)s1)c1c(F)cccc1F. The van der Waals surface area contributed by atoms with Gasteiger partial charge in [-0.25, -0.2) is 8.78 Å². The third kappa shape index (κ3) is 5.54. The van der Waals surface area contributed by atoms with E-state index in [1.165, 1.54) is 36.4 Å². The second-order valence-corrected chi connectivity index (χ2v) is 10.4. The molecule has 3 aromatic carbocycles. The van der Waals surface area contributed by atoms with Crippen LogP contribution in [0.15, 0.2) is 59.5 Å². The molecule has 35 heavy (non-hydrogen) atoms. The van der Waals surface area contributed by atoms with E-state index >= 15 is 0 Å². The molecule has 4 aromatic rings. The van der Waals surface area contributed by atoms with Gasteiger partial charge < -0.3 is 4.18 Å². The van der Waals surface area contributed by atoms with Crippen molar-refractivity contribution in [3.05, 3.63) is 86.9 Å². The third-order valence-electron chi connectivity index (χ3n) is 4.36. The summed E-state index contributed by atoms with van der Waals surface area (Å²) in [5.41, 5.74) is -0.236. The van der Waals surface area contributed by atoms with E-state index in [2.05, 4.69) is 15.5 Å². The van der Waals surface area contributed by atoms with Crippen LogP contribution in [0.4, 0.5) is 13.9 Å². The molecule has 0 radical (unpaired) electrons. The molecular formula is C21H10Cl3F2N3O4S2. The molecule has 0 atom stereocenters. The lowest BCUT2D eigenvalue weighted by Gasteiger charge is -2.10. The zero-order chi connectivity index (χ0) is 25.3. The highest BCUT2D eigenvalue weighted by molar-refractivity contribution is 7.87. The first kappa shape index (κ1) is 25.3. The van der Waals surface area contributed by atoms with Crippen LogP contribution in [-0.4, -0.2) is 24.5 Å². The van der Waals surface area contributed by atoms with Gasteiger partial charge in [0.2, 0.25) is 5.13 Å². The minimum absolute atomic E-state index is 0.00239. The van der Waals surface area contributed by atoms with Crippen LogP contribution < -0.4 is 9.50 Å². The molecule has 4 rings (SSSR count). The molecule has 0 fully saturated rings. The van der Waals surface area contributed by atoms with Gasteiger partial charge in [-0.05, 0) is 48.5 Å². The summed E-state index contributed by atoms with van der Waals surface area (Å²) in [6.45, 7) is 0. The van der Waals surface area contributed by atoms with Crippen LogP contribution in [0, 0.1) is 11.6 Å². The number of carbonyl (C=O) groups excluding carboxylic acids is 1. The van der Waals surface area contributed by atoms with Crippen LogP contribution in [0.2, 0.25) is 15.1 Å². The van der Waals surface area contributed by atoms with Gasteiger partial charge in [0, 0.05) is 10.6 Å². The average Bonchev–Trinajstić information content (AvgIpc) is 3.21. The van der Waals surface area contributed by atoms with Crippen molar-refractivity contribution >= 4 is 67.3 Å². The van der Waals surface area contributed by atoms with E-state index in [0.29, 0.717) is 10.6 Å². The Balaban J connectivity index is 1.50. The lowest BCUT2D eigenvalue weighted by atomic mass is 10.2. The van der Waals surface area contributed by atoms with Crippen molar-refractivity contribution in [1.29, 1.82) is 0 Å². The average molecular weight is 577 g/mol. The van der Waals surface area contributed by atoms with E-state index in [-0.39, 0.29) is 25.9 Å². The molecule has 1 aromatic heterocycles. The molecule has 1 amide bonds. The molecule has 0 spiro atoms. The maximum absolute atomic E-state index is 13.8. The minimum Gasteiger partial charge on any atom is -0.379 e. The number of halogens is 5. The number of hydrogen-bond acceptors (Lipinski definition) is 7. The van der Waals surface area contributed by atoms with E-state index in [4.69, 9.17) is 39.0 Å². The van der Waals surface area contributed by atoms with Gasteiger partial charge in [0.25, 0.3) is 5.91 Å².